The summed E-state index contributed by atoms with van der Waals surface area (Å²) in [5.41, 5.74) is 3.75. The van der Waals surface area contributed by atoms with Crippen molar-refractivity contribution in [2.24, 2.45) is 0 Å². The van der Waals surface area contributed by atoms with Crippen molar-refractivity contribution in [2.75, 3.05) is 59.3 Å². The van der Waals surface area contributed by atoms with Crippen LogP contribution in [0.1, 0.15) is 72.1 Å². The van der Waals surface area contributed by atoms with Gasteiger partial charge in [-0.1, -0.05) is 62.4 Å². The summed E-state index contributed by atoms with van der Waals surface area (Å²) in [5.74, 6) is -0.311. The molecule has 0 saturated carbocycles. The molecule has 2 amide bonds. The highest BCUT2D eigenvalue weighted by atomic mass is 32.2. The topological polar surface area (TPSA) is 88.1 Å². The first-order chi connectivity index (χ1) is 18.2. The van der Waals surface area contributed by atoms with Gasteiger partial charge in [0.05, 0.1) is 0 Å². The largest absolute Gasteiger partial charge is 0.378 e. The summed E-state index contributed by atoms with van der Waals surface area (Å²) in [6.07, 6.45) is 16.2. The molecule has 0 aromatic carbocycles. The number of carbonyl (C=O) groups is 2. The van der Waals surface area contributed by atoms with E-state index in [2.05, 4.69) is 35.7 Å². The Morgan fingerprint density at radius 3 is 2.11 bits per heavy atom. The van der Waals surface area contributed by atoms with Gasteiger partial charge in [-0.05, 0) is 63.7 Å². The molecule has 38 heavy (non-hydrogen) atoms. The van der Waals surface area contributed by atoms with Crippen molar-refractivity contribution in [1.82, 2.24) is 24.3 Å². The predicted octanol–water partition coefficient (Wildman–Crippen LogP) is 5.49. The zero-order chi connectivity index (χ0) is 29.2. The number of amides is 2. The molecule has 0 aliphatic heterocycles. The highest BCUT2D eigenvalue weighted by molar-refractivity contribution is 7.96. The zero-order valence-corrected chi connectivity index (χ0v) is 26.7. The molecule has 10 heteroatoms. The van der Waals surface area contributed by atoms with Crippen molar-refractivity contribution >= 4 is 35.7 Å². The number of nitrogens with one attached hydrogen (secondary N) is 2. The molecular weight excluding hydrogens is 518 g/mol. The third kappa shape index (κ3) is 22.5. The average molecular weight is 574 g/mol. The van der Waals surface area contributed by atoms with Crippen LogP contribution in [0.2, 0.25) is 0 Å². The maximum atomic E-state index is 13.0. The van der Waals surface area contributed by atoms with E-state index in [-0.39, 0.29) is 12.3 Å². The summed E-state index contributed by atoms with van der Waals surface area (Å²) in [6.45, 7) is 14.5. The highest BCUT2D eigenvalue weighted by Crippen LogP contribution is 2.12. The SMILES string of the molecule is C=C/C(=C\C=C(/C)CN(CCCCN(CCCNSC)SC)C(=O)CCCCC(=O)NO)N(C)C.CCC. The smallest absolute Gasteiger partial charge is 0.243 e. The molecule has 0 unspecified atom stereocenters. The van der Waals surface area contributed by atoms with Crippen LogP contribution in [0.25, 0.3) is 0 Å². The number of rotatable bonds is 21. The molecule has 0 aliphatic rings. The van der Waals surface area contributed by atoms with Crippen LogP contribution in [-0.4, -0.2) is 90.5 Å². The molecule has 0 heterocycles. The van der Waals surface area contributed by atoms with Crippen LogP contribution < -0.4 is 10.2 Å². The third-order valence-electron chi connectivity index (χ3n) is 5.40. The molecule has 0 fully saturated rings. The van der Waals surface area contributed by atoms with E-state index in [0.29, 0.717) is 32.4 Å². The molecule has 8 nitrogen and oxygen atoms in total. The van der Waals surface area contributed by atoms with Crippen molar-refractivity contribution in [2.45, 2.75) is 72.1 Å². The van der Waals surface area contributed by atoms with Crippen molar-refractivity contribution in [3.8, 4) is 0 Å². The molecule has 3 N–H and O–H groups in total. The number of nitrogens with zero attached hydrogens (tertiary/aromatic N) is 3. The summed E-state index contributed by atoms with van der Waals surface area (Å²) in [6, 6.07) is 0. The van der Waals surface area contributed by atoms with Crippen LogP contribution in [0.15, 0.2) is 36.1 Å². The Morgan fingerprint density at radius 1 is 0.947 bits per heavy atom. The monoisotopic (exact) mass is 573 g/mol. The number of hydrogen-bond acceptors (Lipinski definition) is 8. The number of unbranched alkanes of at least 4 members (excludes halogenated alkanes) is 2. The van der Waals surface area contributed by atoms with Crippen molar-refractivity contribution < 1.29 is 14.8 Å². The van der Waals surface area contributed by atoms with Crippen LogP contribution in [0.3, 0.4) is 0 Å². The molecule has 0 spiro atoms. The fourth-order valence-corrected chi connectivity index (χ4v) is 4.34. The number of hydrogen-bond donors (Lipinski definition) is 3. The van der Waals surface area contributed by atoms with Gasteiger partial charge in [-0.15, -0.1) is 0 Å². The minimum absolute atomic E-state index is 0.104. The summed E-state index contributed by atoms with van der Waals surface area (Å²) in [4.78, 5) is 28.1. The predicted molar refractivity (Wildman–Crippen MR) is 167 cm³/mol. The Balaban J connectivity index is 0. The van der Waals surface area contributed by atoms with E-state index >= 15 is 0 Å². The molecule has 222 valence electrons. The summed E-state index contributed by atoms with van der Waals surface area (Å²) in [5, 5.41) is 8.62. The molecule has 0 aliphatic carbocycles. The molecule has 0 rings (SSSR count). The molecule has 0 bridgehead atoms. The van der Waals surface area contributed by atoms with Crippen LogP contribution >= 0.6 is 23.9 Å². The standard InChI is InChI=1S/C25H47N5O3S2.C3H8/c1-7-23(28(3)4)16-15-22(2)21-29(25(32)14-9-8-13-24(31)27-33)18-10-11-19-30(35-6)20-12-17-26-34-5;1-3-2/h7,15-16,26,33H,1,8-14,17-21H2,2-6H3,(H,27,31);3H2,1-2H3/b22-15+,23-16+;. The van der Waals surface area contributed by atoms with Crippen LogP contribution in [0.4, 0.5) is 0 Å². The van der Waals surface area contributed by atoms with Gasteiger partial charge in [0.1, 0.15) is 0 Å². The fraction of sp³-hybridized carbons (Fsp3) is 0.714. The van der Waals surface area contributed by atoms with Gasteiger partial charge in [0.2, 0.25) is 11.8 Å². The van der Waals surface area contributed by atoms with Gasteiger partial charge in [-0.3, -0.25) is 23.8 Å². The molecule has 0 radical (unpaired) electrons. The second kappa shape index (κ2) is 27.1. The Morgan fingerprint density at radius 2 is 1.55 bits per heavy atom. The Labute approximate surface area is 241 Å². The zero-order valence-electron chi connectivity index (χ0n) is 25.1. The van der Waals surface area contributed by atoms with Gasteiger partial charge in [-0.25, -0.2) is 5.48 Å². The lowest BCUT2D eigenvalue weighted by Gasteiger charge is -2.24. The molecular formula is C28H55N5O3S2. The Kier molecular flexibility index (Phi) is 27.6. The number of carbonyl (C=O) groups excluding carboxylic acids is 2. The molecule has 0 saturated heterocycles. The second-order valence-electron chi connectivity index (χ2n) is 9.24. The van der Waals surface area contributed by atoms with Gasteiger partial charge < -0.3 is 9.80 Å². The van der Waals surface area contributed by atoms with E-state index in [9.17, 15) is 9.59 Å². The molecule has 0 atom stereocenters. The summed E-state index contributed by atoms with van der Waals surface area (Å²) >= 11 is 3.43. The van der Waals surface area contributed by atoms with Gasteiger partial charge in [0, 0.05) is 65.4 Å². The fourth-order valence-electron chi connectivity index (χ4n) is 3.36. The highest BCUT2D eigenvalue weighted by Gasteiger charge is 2.14. The minimum atomic E-state index is -0.415. The second-order valence-corrected chi connectivity index (χ2v) is 10.8. The summed E-state index contributed by atoms with van der Waals surface area (Å²) < 4.78 is 5.67. The van der Waals surface area contributed by atoms with Gasteiger partial charge in [0.15, 0.2) is 0 Å². The van der Waals surface area contributed by atoms with Crippen LogP contribution in [0.5, 0.6) is 0 Å². The van der Waals surface area contributed by atoms with Crippen LogP contribution in [-0.2, 0) is 9.59 Å². The van der Waals surface area contributed by atoms with E-state index in [1.807, 2.05) is 55.3 Å². The lowest BCUT2D eigenvalue weighted by Crippen LogP contribution is -2.33. The van der Waals surface area contributed by atoms with E-state index < -0.39 is 5.91 Å². The third-order valence-corrected chi connectivity index (χ3v) is 6.78. The van der Waals surface area contributed by atoms with Crippen molar-refractivity contribution in [3.63, 3.8) is 0 Å². The number of likely N-dealkylation sites (N-methyl/N-ethyl adjacent to an activating group) is 1. The van der Waals surface area contributed by atoms with E-state index in [0.717, 1.165) is 50.2 Å². The quantitative estimate of drug-likeness (QED) is 0.0546. The number of hydroxylamine groups is 1. The Hall–Kier alpha value is -1.46. The molecule has 0 aromatic rings. The maximum absolute atomic E-state index is 13.0. The molecule has 0 aromatic heterocycles. The van der Waals surface area contributed by atoms with Gasteiger partial charge in [0.25, 0.3) is 0 Å². The lowest BCUT2D eigenvalue weighted by atomic mass is 10.1. The maximum Gasteiger partial charge on any atom is 0.243 e. The lowest BCUT2D eigenvalue weighted by molar-refractivity contribution is -0.132. The first-order valence-electron chi connectivity index (χ1n) is 13.6. The van der Waals surface area contributed by atoms with Crippen molar-refractivity contribution in [3.05, 3.63) is 36.1 Å². The van der Waals surface area contributed by atoms with Gasteiger partial charge in [-0.2, -0.15) is 0 Å². The normalized spacial score (nSPS) is 11.6. The van der Waals surface area contributed by atoms with Crippen molar-refractivity contribution in [1.29, 1.82) is 0 Å². The Bertz CT molecular complexity index is 687. The van der Waals surface area contributed by atoms with E-state index in [1.54, 1.807) is 29.4 Å². The van der Waals surface area contributed by atoms with E-state index in [4.69, 9.17) is 5.21 Å². The van der Waals surface area contributed by atoms with Gasteiger partial charge >= 0.3 is 0 Å². The van der Waals surface area contributed by atoms with E-state index in [1.165, 1.54) is 6.42 Å². The van der Waals surface area contributed by atoms with Crippen LogP contribution in [0, 0.1) is 0 Å². The first-order valence-corrected chi connectivity index (χ1v) is 16.0. The first kappa shape index (κ1) is 38.7. The average Bonchev–Trinajstić information content (AvgIpc) is 2.89. The summed E-state index contributed by atoms with van der Waals surface area (Å²) in [7, 11) is 3.95. The minimum Gasteiger partial charge on any atom is -0.378 e. The number of allylic oxidation sites excluding steroid dienone is 3.